The van der Waals surface area contributed by atoms with Crippen molar-refractivity contribution in [2.75, 3.05) is 12.0 Å². The molecule has 0 N–H and O–H groups in total. The van der Waals surface area contributed by atoms with Gasteiger partial charge in [-0.3, -0.25) is 9.69 Å². The second-order valence-corrected chi connectivity index (χ2v) is 6.74. The van der Waals surface area contributed by atoms with Gasteiger partial charge in [0.1, 0.15) is 17.3 Å². The van der Waals surface area contributed by atoms with Gasteiger partial charge in [0.2, 0.25) is 0 Å². The Labute approximate surface area is 172 Å². The minimum absolute atomic E-state index is 0.183. The Morgan fingerprint density at radius 1 is 1.00 bits per heavy atom. The van der Waals surface area contributed by atoms with Crippen molar-refractivity contribution in [3.63, 3.8) is 0 Å². The standard InChI is InChI=1S/C23H16ClFN2O2/c1-29-21-9-5-2-6-15(21)14-20-23(28)27(17-12-10-16(24)11-13-17)22(26-20)18-7-3-4-8-19(18)25/h2-14H,1H3/b20-14+. The van der Waals surface area contributed by atoms with E-state index in [1.54, 1.807) is 61.7 Å². The number of amides is 1. The van der Waals surface area contributed by atoms with Crippen LogP contribution in [0.2, 0.25) is 5.02 Å². The number of hydrogen-bond donors (Lipinski definition) is 0. The van der Waals surface area contributed by atoms with E-state index in [0.29, 0.717) is 22.0 Å². The van der Waals surface area contributed by atoms with Gasteiger partial charge in [-0.2, -0.15) is 0 Å². The molecule has 0 aromatic heterocycles. The number of benzene rings is 3. The Bertz CT molecular complexity index is 1140. The van der Waals surface area contributed by atoms with E-state index in [-0.39, 0.29) is 23.0 Å². The molecule has 1 aliphatic heterocycles. The van der Waals surface area contributed by atoms with Crippen molar-refractivity contribution in [2.24, 2.45) is 4.99 Å². The van der Waals surface area contributed by atoms with Crippen molar-refractivity contribution in [1.29, 1.82) is 0 Å². The normalized spacial score (nSPS) is 15.0. The number of ether oxygens (including phenoxy) is 1. The molecule has 1 amide bonds. The van der Waals surface area contributed by atoms with E-state index in [4.69, 9.17) is 16.3 Å². The zero-order valence-corrected chi connectivity index (χ0v) is 16.2. The molecule has 0 spiro atoms. The molecule has 6 heteroatoms. The molecule has 0 saturated carbocycles. The zero-order valence-electron chi connectivity index (χ0n) is 15.5. The number of carbonyl (C=O) groups excluding carboxylic acids is 1. The largest absolute Gasteiger partial charge is 0.496 e. The van der Waals surface area contributed by atoms with E-state index >= 15 is 0 Å². The van der Waals surface area contributed by atoms with Crippen molar-refractivity contribution < 1.29 is 13.9 Å². The number of aliphatic imine (C=N–C) groups is 1. The van der Waals surface area contributed by atoms with Gasteiger partial charge >= 0.3 is 0 Å². The molecule has 4 nitrogen and oxygen atoms in total. The first-order valence-electron chi connectivity index (χ1n) is 8.87. The van der Waals surface area contributed by atoms with Crippen molar-refractivity contribution in [3.8, 4) is 5.75 Å². The minimum Gasteiger partial charge on any atom is -0.496 e. The van der Waals surface area contributed by atoms with Gasteiger partial charge in [0.05, 0.1) is 18.4 Å². The lowest BCUT2D eigenvalue weighted by molar-refractivity contribution is -0.113. The molecule has 3 aromatic carbocycles. The predicted octanol–water partition coefficient (Wildman–Crippen LogP) is 5.32. The number of para-hydroxylation sites is 1. The van der Waals surface area contributed by atoms with Crippen LogP contribution >= 0.6 is 11.6 Å². The summed E-state index contributed by atoms with van der Waals surface area (Å²) in [5.74, 6) is 0.00462. The van der Waals surface area contributed by atoms with Crippen LogP contribution in [0.4, 0.5) is 10.1 Å². The minimum atomic E-state index is -0.462. The van der Waals surface area contributed by atoms with Crippen molar-refractivity contribution in [2.45, 2.75) is 0 Å². The lowest BCUT2D eigenvalue weighted by atomic mass is 10.1. The van der Waals surface area contributed by atoms with Crippen molar-refractivity contribution >= 4 is 35.1 Å². The quantitative estimate of drug-likeness (QED) is 0.550. The molecule has 144 valence electrons. The molecule has 0 bridgehead atoms. The van der Waals surface area contributed by atoms with E-state index in [9.17, 15) is 9.18 Å². The van der Waals surface area contributed by atoms with Gasteiger partial charge in [-0.05, 0) is 48.5 Å². The summed E-state index contributed by atoms with van der Waals surface area (Å²) in [6, 6.07) is 20.3. The fourth-order valence-electron chi connectivity index (χ4n) is 3.10. The lowest BCUT2D eigenvalue weighted by Gasteiger charge is -2.19. The first-order chi connectivity index (χ1) is 14.1. The number of hydrogen-bond acceptors (Lipinski definition) is 3. The van der Waals surface area contributed by atoms with Gasteiger partial charge < -0.3 is 4.74 Å². The van der Waals surface area contributed by atoms with Crippen LogP contribution in [-0.2, 0) is 4.79 Å². The zero-order chi connectivity index (χ0) is 20.4. The first-order valence-corrected chi connectivity index (χ1v) is 9.24. The molecule has 3 aromatic rings. The van der Waals surface area contributed by atoms with Crippen LogP contribution in [0, 0.1) is 5.82 Å². The van der Waals surface area contributed by atoms with Crippen LogP contribution in [0.1, 0.15) is 11.1 Å². The molecule has 1 aliphatic rings. The highest BCUT2D eigenvalue weighted by atomic mass is 35.5. The van der Waals surface area contributed by atoms with Crippen LogP contribution in [0.25, 0.3) is 6.08 Å². The van der Waals surface area contributed by atoms with Gasteiger partial charge in [0.25, 0.3) is 5.91 Å². The molecule has 4 rings (SSSR count). The average Bonchev–Trinajstić information content (AvgIpc) is 3.05. The molecule has 0 unspecified atom stereocenters. The summed E-state index contributed by atoms with van der Waals surface area (Å²) in [5.41, 5.74) is 1.67. The fraction of sp³-hybridized carbons (Fsp3) is 0.0435. The lowest BCUT2D eigenvalue weighted by Crippen LogP contribution is -2.33. The van der Waals surface area contributed by atoms with E-state index in [2.05, 4.69) is 4.99 Å². The maximum atomic E-state index is 14.5. The van der Waals surface area contributed by atoms with Gasteiger partial charge in [-0.15, -0.1) is 0 Å². The number of halogens is 2. The van der Waals surface area contributed by atoms with Crippen molar-refractivity contribution in [3.05, 3.63) is 100 Å². The van der Waals surface area contributed by atoms with Crippen LogP contribution in [0.5, 0.6) is 5.75 Å². The van der Waals surface area contributed by atoms with Crippen molar-refractivity contribution in [1.82, 2.24) is 0 Å². The maximum absolute atomic E-state index is 14.5. The molecule has 29 heavy (non-hydrogen) atoms. The van der Waals surface area contributed by atoms with Crippen LogP contribution in [-0.4, -0.2) is 18.9 Å². The summed E-state index contributed by atoms with van der Waals surface area (Å²) < 4.78 is 19.9. The average molecular weight is 407 g/mol. The Hall–Kier alpha value is -3.44. The van der Waals surface area contributed by atoms with E-state index in [1.165, 1.54) is 11.0 Å². The molecule has 0 saturated heterocycles. The third-order valence-electron chi connectivity index (χ3n) is 4.49. The molecular formula is C23H16ClFN2O2. The third-order valence-corrected chi connectivity index (χ3v) is 4.74. The molecule has 0 aliphatic carbocycles. The molecule has 1 heterocycles. The fourth-order valence-corrected chi connectivity index (χ4v) is 3.23. The van der Waals surface area contributed by atoms with E-state index < -0.39 is 5.82 Å². The Morgan fingerprint density at radius 3 is 2.41 bits per heavy atom. The summed E-state index contributed by atoms with van der Waals surface area (Å²) in [6.45, 7) is 0. The summed E-state index contributed by atoms with van der Waals surface area (Å²) >= 11 is 5.98. The SMILES string of the molecule is COc1ccccc1/C=C1/N=C(c2ccccc2F)N(c2ccc(Cl)cc2)C1=O. The number of methoxy groups -OCH3 is 1. The maximum Gasteiger partial charge on any atom is 0.282 e. The van der Waals surface area contributed by atoms with Gasteiger partial charge in [-0.1, -0.05) is 41.9 Å². The Balaban J connectivity index is 1.86. The van der Waals surface area contributed by atoms with Gasteiger partial charge in [0.15, 0.2) is 5.84 Å². The highest BCUT2D eigenvalue weighted by Crippen LogP contribution is 2.30. The second-order valence-electron chi connectivity index (χ2n) is 6.30. The molecule has 0 fully saturated rings. The Kier molecular flexibility index (Phi) is 5.14. The summed E-state index contributed by atoms with van der Waals surface area (Å²) in [5, 5.41) is 0.537. The molecule has 0 atom stereocenters. The highest BCUT2D eigenvalue weighted by Gasteiger charge is 2.33. The van der Waals surface area contributed by atoms with Crippen LogP contribution < -0.4 is 9.64 Å². The van der Waals surface area contributed by atoms with E-state index in [0.717, 1.165) is 0 Å². The number of anilines is 1. The van der Waals surface area contributed by atoms with Crippen LogP contribution in [0.15, 0.2) is 83.5 Å². The van der Waals surface area contributed by atoms with E-state index in [1.807, 2.05) is 18.2 Å². The summed E-state index contributed by atoms with van der Waals surface area (Å²) in [6.07, 6.45) is 1.64. The molecular weight excluding hydrogens is 391 g/mol. The van der Waals surface area contributed by atoms with Gasteiger partial charge in [0, 0.05) is 10.6 Å². The highest BCUT2D eigenvalue weighted by molar-refractivity contribution is 6.34. The number of rotatable bonds is 4. The monoisotopic (exact) mass is 406 g/mol. The van der Waals surface area contributed by atoms with Gasteiger partial charge in [-0.25, -0.2) is 9.38 Å². The predicted molar refractivity (Wildman–Crippen MR) is 113 cm³/mol. The number of amidine groups is 1. The number of nitrogens with zero attached hydrogens (tertiary/aromatic N) is 2. The first kappa shape index (κ1) is 18.9. The number of carbonyl (C=O) groups is 1. The summed E-state index contributed by atoms with van der Waals surface area (Å²) in [7, 11) is 1.56. The molecule has 0 radical (unpaired) electrons. The topological polar surface area (TPSA) is 41.9 Å². The van der Waals surface area contributed by atoms with Crippen LogP contribution in [0.3, 0.4) is 0 Å². The Morgan fingerprint density at radius 2 is 1.69 bits per heavy atom. The third kappa shape index (κ3) is 3.65. The smallest absolute Gasteiger partial charge is 0.282 e. The second kappa shape index (κ2) is 7.89. The summed E-state index contributed by atoms with van der Waals surface area (Å²) in [4.78, 5) is 19.1.